The van der Waals surface area contributed by atoms with Gasteiger partial charge in [0.15, 0.2) is 0 Å². The van der Waals surface area contributed by atoms with Crippen molar-refractivity contribution >= 4 is 15.9 Å². The van der Waals surface area contributed by atoms with Crippen molar-refractivity contribution in [2.75, 3.05) is 6.54 Å². The number of amidine groups is 1. The summed E-state index contributed by atoms with van der Waals surface area (Å²) in [7, 11) is -4.61. The fourth-order valence-corrected chi connectivity index (χ4v) is 2.78. The predicted octanol–water partition coefficient (Wildman–Crippen LogP) is 0.329. The van der Waals surface area contributed by atoms with E-state index in [-0.39, 0.29) is 12.4 Å². The highest BCUT2D eigenvalue weighted by Gasteiger charge is 2.39. The van der Waals surface area contributed by atoms with Crippen LogP contribution in [0.1, 0.15) is 19.3 Å². The van der Waals surface area contributed by atoms with E-state index in [1.54, 1.807) is 0 Å². The van der Waals surface area contributed by atoms with Gasteiger partial charge in [-0.1, -0.05) is 6.42 Å². The number of nitrogens with one attached hydrogen (secondary N) is 1. The minimum Gasteiger partial charge on any atom is -0.386 e. The lowest BCUT2D eigenvalue weighted by Crippen LogP contribution is -2.51. The number of halogens is 2. The molecule has 0 bridgehead atoms. The number of alkyl halides is 2. The molecule has 1 aliphatic rings. The summed E-state index contributed by atoms with van der Waals surface area (Å²) in [5, 5.41) is 7.17. The van der Waals surface area contributed by atoms with E-state index in [0.29, 0.717) is 23.6 Å². The summed E-state index contributed by atoms with van der Waals surface area (Å²) in [6.07, 6.45) is 1.55. The van der Waals surface area contributed by atoms with E-state index in [0.717, 1.165) is 0 Å². The molecule has 1 rings (SSSR count). The number of nitrogens with two attached hydrogens (primary N) is 1. The molecule has 8 heteroatoms. The Balaban J connectivity index is 2.95. The quantitative estimate of drug-likeness (QED) is 0.551. The molecule has 0 aromatic rings. The molecule has 0 aromatic carbocycles. The van der Waals surface area contributed by atoms with Gasteiger partial charge in [-0.05, 0) is 12.8 Å². The molecule has 1 saturated heterocycles. The van der Waals surface area contributed by atoms with Crippen LogP contribution in [0.5, 0.6) is 0 Å². The zero-order chi connectivity index (χ0) is 11.6. The minimum absolute atomic E-state index is 0.0108. The van der Waals surface area contributed by atoms with Crippen molar-refractivity contribution in [1.29, 1.82) is 5.41 Å². The molecule has 3 N–H and O–H groups in total. The van der Waals surface area contributed by atoms with Crippen LogP contribution in [-0.2, 0) is 10.0 Å². The highest BCUT2D eigenvalue weighted by atomic mass is 32.2. The Morgan fingerprint density at radius 1 is 1.47 bits per heavy atom. The molecule has 0 amide bonds. The monoisotopic (exact) mass is 241 g/mol. The van der Waals surface area contributed by atoms with Crippen LogP contribution in [0.25, 0.3) is 0 Å². The summed E-state index contributed by atoms with van der Waals surface area (Å²) in [4.78, 5) is 0. The summed E-state index contributed by atoms with van der Waals surface area (Å²) in [6, 6.07) is -0.905. The van der Waals surface area contributed by atoms with Gasteiger partial charge in [0, 0.05) is 6.54 Å². The maximum atomic E-state index is 12.3. The Kier molecular flexibility index (Phi) is 3.61. The van der Waals surface area contributed by atoms with Crippen molar-refractivity contribution < 1.29 is 17.2 Å². The Morgan fingerprint density at radius 2 is 2.07 bits per heavy atom. The van der Waals surface area contributed by atoms with Crippen molar-refractivity contribution in [3.63, 3.8) is 0 Å². The van der Waals surface area contributed by atoms with Crippen LogP contribution in [0, 0.1) is 5.41 Å². The van der Waals surface area contributed by atoms with Gasteiger partial charge in [0.25, 0.3) is 10.0 Å². The molecular formula is C7H13F2N3O2S. The molecule has 1 fully saturated rings. The third kappa shape index (κ3) is 2.43. The van der Waals surface area contributed by atoms with Crippen LogP contribution in [0.3, 0.4) is 0 Å². The maximum Gasteiger partial charge on any atom is 0.350 e. The zero-order valence-corrected chi connectivity index (χ0v) is 8.80. The maximum absolute atomic E-state index is 12.3. The van der Waals surface area contributed by atoms with Crippen LogP contribution in [0.2, 0.25) is 0 Å². The smallest absolute Gasteiger partial charge is 0.350 e. The largest absolute Gasteiger partial charge is 0.386 e. The molecule has 1 aliphatic heterocycles. The molecule has 0 spiro atoms. The first-order valence-corrected chi connectivity index (χ1v) is 6.00. The van der Waals surface area contributed by atoms with Gasteiger partial charge in [0.1, 0.15) is 5.84 Å². The molecule has 0 aliphatic carbocycles. The molecule has 0 saturated carbocycles. The summed E-state index contributed by atoms with van der Waals surface area (Å²) < 4.78 is 47.7. The fourth-order valence-electron chi connectivity index (χ4n) is 1.62. The van der Waals surface area contributed by atoms with Gasteiger partial charge in [-0.3, -0.25) is 5.41 Å². The predicted molar refractivity (Wildman–Crippen MR) is 51.2 cm³/mol. The summed E-state index contributed by atoms with van der Waals surface area (Å²) in [5.41, 5.74) is 5.19. The normalized spacial score (nSPS) is 24.3. The Morgan fingerprint density at radius 3 is 2.53 bits per heavy atom. The Hall–Kier alpha value is -0.760. The topological polar surface area (TPSA) is 87.2 Å². The zero-order valence-electron chi connectivity index (χ0n) is 7.99. The van der Waals surface area contributed by atoms with E-state index >= 15 is 0 Å². The number of hydrogen-bond acceptors (Lipinski definition) is 3. The molecule has 5 nitrogen and oxygen atoms in total. The number of hydrogen-bond donors (Lipinski definition) is 2. The Labute approximate surface area is 86.8 Å². The molecule has 0 aromatic heterocycles. The van der Waals surface area contributed by atoms with E-state index in [1.807, 2.05) is 0 Å². The fraction of sp³-hybridized carbons (Fsp3) is 0.857. The summed E-state index contributed by atoms with van der Waals surface area (Å²) in [6.45, 7) is 0.0108. The van der Waals surface area contributed by atoms with Gasteiger partial charge in [-0.25, -0.2) is 8.42 Å². The number of sulfonamides is 1. The standard InChI is InChI=1S/C7H13F2N3O2S/c8-7(9)15(13,14)12-4-2-1-3-5(12)6(10)11/h5,7H,1-4H2,(H3,10,11). The first kappa shape index (κ1) is 12.3. The van der Waals surface area contributed by atoms with E-state index in [4.69, 9.17) is 11.1 Å². The molecule has 88 valence electrons. The summed E-state index contributed by atoms with van der Waals surface area (Å²) in [5.74, 6) is -3.82. The molecule has 15 heavy (non-hydrogen) atoms. The van der Waals surface area contributed by atoms with Gasteiger partial charge in [-0.2, -0.15) is 13.1 Å². The number of piperidine rings is 1. The second kappa shape index (κ2) is 4.40. The van der Waals surface area contributed by atoms with Crippen LogP contribution in [-0.4, -0.2) is 36.9 Å². The van der Waals surface area contributed by atoms with E-state index in [2.05, 4.69) is 0 Å². The molecular weight excluding hydrogens is 228 g/mol. The van der Waals surface area contributed by atoms with Crippen molar-refractivity contribution in [1.82, 2.24) is 4.31 Å². The first-order chi connectivity index (χ1) is 6.87. The van der Waals surface area contributed by atoms with Gasteiger partial charge in [0.2, 0.25) is 0 Å². The van der Waals surface area contributed by atoms with Crippen molar-refractivity contribution in [3.8, 4) is 0 Å². The lowest BCUT2D eigenvalue weighted by atomic mass is 10.0. The summed E-state index contributed by atoms with van der Waals surface area (Å²) >= 11 is 0. The lowest BCUT2D eigenvalue weighted by Gasteiger charge is -2.33. The average Bonchev–Trinajstić information content (AvgIpc) is 2.17. The highest BCUT2D eigenvalue weighted by molar-refractivity contribution is 7.89. The average molecular weight is 241 g/mol. The van der Waals surface area contributed by atoms with Gasteiger partial charge < -0.3 is 5.73 Å². The molecule has 1 atom stereocenters. The van der Waals surface area contributed by atoms with Gasteiger partial charge in [-0.15, -0.1) is 0 Å². The van der Waals surface area contributed by atoms with Gasteiger partial charge in [0.05, 0.1) is 6.04 Å². The number of rotatable bonds is 3. The van der Waals surface area contributed by atoms with Gasteiger partial charge >= 0.3 is 5.76 Å². The van der Waals surface area contributed by atoms with Crippen molar-refractivity contribution in [2.24, 2.45) is 5.73 Å². The van der Waals surface area contributed by atoms with Crippen LogP contribution in [0.4, 0.5) is 8.78 Å². The minimum atomic E-state index is -4.61. The molecule has 0 radical (unpaired) electrons. The lowest BCUT2D eigenvalue weighted by molar-refractivity contribution is 0.206. The van der Waals surface area contributed by atoms with E-state index < -0.39 is 21.8 Å². The van der Waals surface area contributed by atoms with Crippen LogP contribution >= 0.6 is 0 Å². The third-order valence-electron chi connectivity index (χ3n) is 2.36. The van der Waals surface area contributed by atoms with E-state index in [1.165, 1.54) is 0 Å². The highest BCUT2D eigenvalue weighted by Crippen LogP contribution is 2.23. The second-order valence-corrected chi connectivity index (χ2v) is 5.24. The molecule has 1 unspecified atom stereocenters. The number of nitrogens with zero attached hydrogens (tertiary/aromatic N) is 1. The second-order valence-electron chi connectivity index (χ2n) is 3.38. The van der Waals surface area contributed by atoms with E-state index in [9.17, 15) is 17.2 Å². The van der Waals surface area contributed by atoms with Crippen molar-refractivity contribution in [3.05, 3.63) is 0 Å². The first-order valence-electron chi connectivity index (χ1n) is 4.50. The van der Waals surface area contributed by atoms with Crippen LogP contribution in [0.15, 0.2) is 0 Å². The third-order valence-corrected chi connectivity index (χ3v) is 3.91. The van der Waals surface area contributed by atoms with Crippen LogP contribution < -0.4 is 5.73 Å². The SMILES string of the molecule is N=C(N)C1CCCCN1S(=O)(=O)C(F)F. The Bertz CT molecular complexity index is 344. The molecule has 1 heterocycles. The van der Waals surface area contributed by atoms with Crippen molar-refractivity contribution in [2.45, 2.75) is 31.1 Å².